The molecule has 4 heteroatoms. The van der Waals surface area contributed by atoms with Crippen LogP contribution in [0.25, 0.3) is 0 Å². The fourth-order valence-corrected chi connectivity index (χ4v) is 1.57. The number of amides is 1. The van der Waals surface area contributed by atoms with Crippen molar-refractivity contribution in [1.82, 2.24) is 0 Å². The molecule has 0 fully saturated rings. The molecule has 0 radical (unpaired) electrons. The minimum Gasteiger partial charge on any atom is -0.457 e. The Morgan fingerprint density at radius 3 is 2.38 bits per heavy atom. The lowest BCUT2D eigenvalue weighted by Gasteiger charge is -2.08. The minimum absolute atomic E-state index is 0.0207. The Morgan fingerprint density at radius 2 is 1.86 bits per heavy atom. The first kappa shape index (κ1) is 18.4. The van der Waals surface area contributed by atoms with Gasteiger partial charge in [-0.3, -0.25) is 4.79 Å². The van der Waals surface area contributed by atoms with Gasteiger partial charge in [0.1, 0.15) is 6.61 Å². The van der Waals surface area contributed by atoms with Gasteiger partial charge in [-0.25, -0.2) is 4.79 Å². The average Bonchev–Trinajstić information content (AvgIpc) is 2.52. The Balaban J connectivity index is 0.00000191. The van der Waals surface area contributed by atoms with E-state index in [9.17, 15) is 9.59 Å². The summed E-state index contributed by atoms with van der Waals surface area (Å²) < 4.78 is 5.16. The van der Waals surface area contributed by atoms with Crippen molar-refractivity contribution in [2.45, 2.75) is 20.5 Å². The number of rotatable bonds is 5. The number of benzene rings is 1. The largest absolute Gasteiger partial charge is 0.457 e. The van der Waals surface area contributed by atoms with E-state index in [0.29, 0.717) is 16.7 Å². The lowest BCUT2D eigenvalue weighted by atomic mass is 10.1. The molecule has 1 amide bonds. The number of allylic oxidation sites excluding steroid dienone is 2. The molecule has 0 unspecified atom stereocenters. The van der Waals surface area contributed by atoms with E-state index < -0.39 is 11.9 Å². The van der Waals surface area contributed by atoms with Crippen molar-refractivity contribution in [2.75, 3.05) is 0 Å². The first-order valence-electron chi connectivity index (χ1n) is 6.44. The van der Waals surface area contributed by atoms with Crippen LogP contribution in [0.2, 0.25) is 0 Å². The number of esters is 1. The van der Waals surface area contributed by atoms with Gasteiger partial charge in [-0.2, -0.15) is 0 Å². The van der Waals surface area contributed by atoms with Crippen molar-refractivity contribution >= 4 is 11.9 Å². The highest BCUT2D eigenvalue weighted by Gasteiger charge is 2.11. The topological polar surface area (TPSA) is 69.4 Å². The maximum atomic E-state index is 11.8. The number of ether oxygens (including phenoxy) is 1. The lowest BCUT2D eigenvalue weighted by Crippen LogP contribution is -2.15. The van der Waals surface area contributed by atoms with E-state index in [2.05, 4.69) is 13.2 Å². The molecule has 0 saturated heterocycles. The van der Waals surface area contributed by atoms with Crippen LogP contribution in [0, 0.1) is 0 Å². The highest BCUT2D eigenvalue weighted by molar-refractivity contribution is 5.94. The zero-order chi connectivity index (χ0) is 16.3. The summed E-state index contributed by atoms with van der Waals surface area (Å²) in [5.41, 5.74) is 6.68. The van der Waals surface area contributed by atoms with E-state index in [4.69, 9.17) is 10.5 Å². The highest BCUT2D eigenvalue weighted by atomic mass is 16.5. The van der Waals surface area contributed by atoms with Crippen LogP contribution in [0.3, 0.4) is 0 Å². The lowest BCUT2D eigenvalue weighted by molar-refractivity contribution is -0.139. The van der Waals surface area contributed by atoms with Gasteiger partial charge < -0.3 is 10.5 Å². The van der Waals surface area contributed by atoms with Crippen molar-refractivity contribution in [2.24, 2.45) is 5.73 Å². The fraction of sp³-hybridized carbons (Fsp3) is 0.176. The maximum Gasteiger partial charge on any atom is 0.338 e. The zero-order valence-corrected chi connectivity index (χ0v) is 12.5. The number of nitrogens with two attached hydrogens (primary N) is 1. The van der Waals surface area contributed by atoms with Crippen LogP contribution in [0.5, 0.6) is 0 Å². The predicted octanol–water partition coefficient (Wildman–Crippen LogP) is 3.15. The van der Waals surface area contributed by atoms with Crippen LogP contribution < -0.4 is 5.73 Å². The van der Waals surface area contributed by atoms with Crippen molar-refractivity contribution in [1.29, 1.82) is 0 Å². The number of carbonyl (C=O) groups excluding carboxylic acids is 2. The summed E-state index contributed by atoms with van der Waals surface area (Å²) in [6.45, 7) is 9.60. The normalized spacial score (nSPS) is 10.7. The third kappa shape index (κ3) is 5.91. The number of carbonyl (C=O) groups is 2. The summed E-state index contributed by atoms with van der Waals surface area (Å²) in [6, 6.07) is 6.78. The molecule has 1 aromatic carbocycles. The molecule has 0 aliphatic carbocycles. The monoisotopic (exact) mass is 287 g/mol. The van der Waals surface area contributed by atoms with E-state index >= 15 is 0 Å². The van der Waals surface area contributed by atoms with E-state index in [1.54, 1.807) is 49.4 Å². The smallest absolute Gasteiger partial charge is 0.338 e. The van der Waals surface area contributed by atoms with Crippen molar-refractivity contribution < 1.29 is 14.3 Å². The molecule has 4 nitrogen and oxygen atoms in total. The first-order chi connectivity index (χ1) is 10.1. The van der Waals surface area contributed by atoms with E-state index in [1.165, 1.54) is 0 Å². The predicted molar refractivity (Wildman–Crippen MR) is 84.6 cm³/mol. The maximum absolute atomic E-state index is 11.8. The van der Waals surface area contributed by atoms with Crippen molar-refractivity contribution in [3.05, 3.63) is 72.4 Å². The van der Waals surface area contributed by atoms with Gasteiger partial charge in [0, 0.05) is 11.1 Å². The highest BCUT2D eigenvalue weighted by Crippen LogP contribution is 2.11. The van der Waals surface area contributed by atoms with Crippen LogP contribution in [0.15, 0.2) is 61.2 Å². The Morgan fingerprint density at radius 1 is 1.24 bits per heavy atom. The molecule has 2 N–H and O–H groups in total. The van der Waals surface area contributed by atoms with Gasteiger partial charge in [0.15, 0.2) is 0 Å². The van der Waals surface area contributed by atoms with Crippen LogP contribution >= 0.6 is 0 Å². The van der Waals surface area contributed by atoms with Crippen LogP contribution in [-0.4, -0.2) is 11.9 Å². The van der Waals surface area contributed by atoms with Crippen molar-refractivity contribution in [3.8, 4) is 0 Å². The third-order valence-electron chi connectivity index (χ3n) is 2.53. The Kier molecular flexibility index (Phi) is 8.93. The molecule has 0 bridgehead atoms. The standard InChI is InChI=1S/C15H17NO3.C2H4/c1-3-7-11(4-2)15(18)19-10-12-8-5-6-9-13(12)14(16)17;1-2/h3-9H,10H2,1-2H3,(H2,16,17);1-2H2/b7-3-,11-4+;. The molecule has 1 aromatic rings. The second-order valence-electron chi connectivity index (χ2n) is 3.84. The van der Waals surface area contributed by atoms with E-state index in [1.807, 2.05) is 6.92 Å². The molecule has 0 atom stereocenters. The van der Waals surface area contributed by atoms with E-state index in [-0.39, 0.29) is 6.61 Å². The van der Waals surface area contributed by atoms with Gasteiger partial charge in [-0.15, -0.1) is 13.2 Å². The van der Waals surface area contributed by atoms with Gasteiger partial charge in [0.25, 0.3) is 0 Å². The molecule has 0 aliphatic rings. The summed E-state index contributed by atoms with van der Waals surface area (Å²) in [6.07, 6.45) is 5.10. The molecule has 0 saturated carbocycles. The summed E-state index contributed by atoms with van der Waals surface area (Å²) in [5.74, 6) is -0.966. The van der Waals surface area contributed by atoms with Crippen LogP contribution in [0.4, 0.5) is 0 Å². The Labute approximate surface area is 125 Å². The van der Waals surface area contributed by atoms with Gasteiger partial charge in [-0.1, -0.05) is 36.4 Å². The van der Waals surface area contributed by atoms with Gasteiger partial charge in [-0.05, 0) is 19.9 Å². The number of hydrogen-bond donors (Lipinski definition) is 1. The minimum atomic E-state index is -0.536. The van der Waals surface area contributed by atoms with Gasteiger partial charge in [0.2, 0.25) is 5.91 Å². The van der Waals surface area contributed by atoms with Crippen molar-refractivity contribution in [3.63, 3.8) is 0 Å². The Bertz CT molecular complexity index is 545. The summed E-state index contributed by atoms with van der Waals surface area (Å²) in [7, 11) is 0. The molecule has 21 heavy (non-hydrogen) atoms. The second kappa shape index (κ2) is 10.2. The molecular weight excluding hydrogens is 266 g/mol. The SMILES string of the molecule is C/C=C\C(=C/C)C(=O)OCc1ccccc1C(N)=O.C=C. The van der Waals surface area contributed by atoms with E-state index in [0.717, 1.165) is 0 Å². The average molecular weight is 287 g/mol. The second-order valence-corrected chi connectivity index (χ2v) is 3.84. The van der Waals surface area contributed by atoms with Gasteiger partial charge in [0.05, 0.1) is 5.57 Å². The molecule has 1 rings (SSSR count). The first-order valence-corrected chi connectivity index (χ1v) is 6.44. The molecule has 0 spiro atoms. The molecule has 0 heterocycles. The molecule has 0 aromatic heterocycles. The fourth-order valence-electron chi connectivity index (χ4n) is 1.57. The summed E-state index contributed by atoms with van der Waals surface area (Å²) in [5, 5.41) is 0. The quantitative estimate of drug-likeness (QED) is 0.391. The molecule has 112 valence electrons. The number of hydrogen-bond acceptors (Lipinski definition) is 3. The summed E-state index contributed by atoms with van der Waals surface area (Å²) >= 11 is 0. The molecule has 0 aliphatic heterocycles. The summed E-state index contributed by atoms with van der Waals surface area (Å²) in [4.78, 5) is 23.0. The third-order valence-corrected chi connectivity index (χ3v) is 2.53. The number of primary amides is 1. The Hall–Kier alpha value is -2.62. The zero-order valence-electron chi connectivity index (χ0n) is 12.5. The molecular formula is C17H21NO3. The van der Waals surface area contributed by atoms with Crippen LogP contribution in [-0.2, 0) is 16.1 Å². The van der Waals surface area contributed by atoms with Gasteiger partial charge >= 0.3 is 5.97 Å². The van der Waals surface area contributed by atoms with Crippen LogP contribution in [0.1, 0.15) is 29.8 Å².